The number of nitrogens with one attached hydrogen (secondary N) is 1. The number of rotatable bonds is 4. The molecule has 1 unspecified atom stereocenters. The summed E-state index contributed by atoms with van der Waals surface area (Å²) in [5.41, 5.74) is 1.08. The minimum absolute atomic E-state index is 0.0840. The Bertz CT molecular complexity index is 357. The van der Waals surface area contributed by atoms with Crippen molar-refractivity contribution < 1.29 is 0 Å². The first-order valence-electron chi connectivity index (χ1n) is 5.17. The highest BCUT2D eigenvalue weighted by Crippen LogP contribution is 2.23. The molecule has 3 heteroatoms. The summed E-state index contributed by atoms with van der Waals surface area (Å²) >= 11 is 0. The molecule has 0 fully saturated rings. The molecule has 82 valence electrons. The summed E-state index contributed by atoms with van der Waals surface area (Å²) in [6.07, 6.45) is 9.79. The lowest BCUT2D eigenvalue weighted by Gasteiger charge is -2.27. The number of aromatic nitrogens is 2. The number of nitrogens with zero attached hydrogens (tertiary/aromatic N) is 2. The summed E-state index contributed by atoms with van der Waals surface area (Å²) in [6, 6.07) is 0.292. The zero-order valence-corrected chi connectivity index (χ0v) is 9.91. The fourth-order valence-electron chi connectivity index (χ4n) is 1.54. The summed E-state index contributed by atoms with van der Waals surface area (Å²) in [5.74, 6) is 2.68. The van der Waals surface area contributed by atoms with Gasteiger partial charge in [0.25, 0.3) is 0 Å². The van der Waals surface area contributed by atoms with Crippen LogP contribution < -0.4 is 5.32 Å². The Balaban J connectivity index is 3.02. The van der Waals surface area contributed by atoms with E-state index in [1.807, 2.05) is 19.6 Å². The molecule has 1 aromatic heterocycles. The third-order valence-electron chi connectivity index (χ3n) is 2.82. The molecule has 0 saturated heterocycles. The lowest BCUT2D eigenvalue weighted by Crippen LogP contribution is -2.35. The SMILES string of the molecule is C#CCC(C)n1cncc1C(C)(C)NC. The number of hydrogen-bond acceptors (Lipinski definition) is 2. The summed E-state index contributed by atoms with van der Waals surface area (Å²) in [5, 5.41) is 3.27. The quantitative estimate of drug-likeness (QED) is 0.761. The summed E-state index contributed by atoms with van der Waals surface area (Å²) in [7, 11) is 1.95. The van der Waals surface area contributed by atoms with Crippen molar-refractivity contribution in [3.63, 3.8) is 0 Å². The van der Waals surface area contributed by atoms with Crippen molar-refractivity contribution in [1.29, 1.82) is 0 Å². The lowest BCUT2D eigenvalue weighted by atomic mass is 10.0. The summed E-state index contributed by atoms with van der Waals surface area (Å²) in [6.45, 7) is 6.36. The standard InChI is InChI=1S/C12H19N3/c1-6-7-10(2)15-9-14-8-11(15)12(3,4)13-5/h1,8-10,13H,7H2,2-5H3. The number of hydrogen-bond donors (Lipinski definition) is 1. The van der Waals surface area contributed by atoms with Crippen LogP contribution in [0.3, 0.4) is 0 Å². The van der Waals surface area contributed by atoms with Crippen LogP contribution in [-0.4, -0.2) is 16.6 Å². The van der Waals surface area contributed by atoms with Crippen molar-refractivity contribution in [3.8, 4) is 12.3 Å². The molecule has 1 N–H and O–H groups in total. The molecule has 1 aromatic rings. The molecule has 0 aromatic carbocycles. The van der Waals surface area contributed by atoms with Crippen molar-refractivity contribution in [3.05, 3.63) is 18.2 Å². The molecule has 0 spiro atoms. The van der Waals surface area contributed by atoms with Crippen LogP contribution in [0.25, 0.3) is 0 Å². The third-order valence-corrected chi connectivity index (χ3v) is 2.82. The molecule has 1 rings (SSSR count). The first-order valence-corrected chi connectivity index (χ1v) is 5.17. The molecule has 0 aliphatic heterocycles. The van der Waals surface area contributed by atoms with Gasteiger partial charge < -0.3 is 9.88 Å². The van der Waals surface area contributed by atoms with Crippen LogP contribution in [0.2, 0.25) is 0 Å². The van der Waals surface area contributed by atoms with Gasteiger partial charge in [-0.1, -0.05) is 0 Å². The molecule has 15 heavy (non-hydrogen) atoms. The van der Waals surface area contributed by atoms with E-state index in [0.717, 1.165) is 12.1 Å². The normalized spacial score (nSPS) is 13.5. The van der Waals surface area contributed by atoms with Gasteiger partial charge in [0, 0.05) is 12.5 Å². The zero-order valence-electron chi connectivity index (χ0n) is 9.91. The van der Waals surface area contributed by atoms with Gasteiger partial charge in [0.05, 0.1) is 23.8 Å². The van der Waals surface area contributed by atoms with Gasteiger partial charge >= 0.3 is 0 Å². The first kappa shape index (κ1) is 11.8. The molecule has 0 aliphatic rings. The first-order chi connectivity index (χ1) is 7.03. The molecule has 0 amide bonds. The lowest BCUT2D eigenvalue weighted by molar-refractivity contribution is 0.391. The summed E-state index contributed by atoms with van der Waals surface area (Å²) < 4.78 is 2.14. The minimum Gasteiger partial charge on any atom is -0.329 e. The van der Waals surface area contributed by atoms with Crippen LogP contribution in [0.1, 0.15) is 38.9 Å². The van der Waals surface area contributed by atoms with Crippen molar-refractivity contribution in [2.45, 2.75) is 38.8 Å². The van der Waals surface area contributed by atoms with Gasteiger partial charge in [0.2, 0.25) is 0 Å². The van der Waals surface area contributed by atoms with Gasteiger partial charge in [-0.3, -0.25) is 0 Å². The Labute approximate surface area is 91.9 Å². The van der Waals surface area contributed by atoms with Crippen molar-refractivity contribution >= 4 is 0 Å². The molecular formula is C12H19N3. The van der Waals surface area contributed by atoms with Crippen LogP contribution in [-0.2, 0) is 5.54 Å². The molecular weight excluding hydrogens is 186 g/mol. The zero-order chi connectivity index (χ0) is 11.5. The van der Waals surface area contributed by atoms with Gasteiger partial charge in [-0.25, -0.2) is 4.98 Å². The minimum atomic E-state index is -0.0840. The Kier molecular flexibility index (Phi) is 3.54. The van der Waals surface area contributed by atoms with E-state index in [-0.39, 0.29) is 5.54 Å². The average Bonchev–Trinajstić information content (AvgIpc) is 2.67. The second-order valence-electron chi connectivity index (χ2n) is 4.32. The van der Waals surface area contributed by atoms with E-state index in [1.54, 1.807) is 0 Å². The van der Waals surface area contributed by atoms with Crippen molar-refractivity contribution in [2.24, 2.45) is 0 Å². The molecule has 3 nitrogen and oxygen atoms in total. The van der Waals surface area contributed by atoms with Crippen LogP contribution in [0.4, 0.5) is 0 Å². The smallest absolute Gasteiger partial charge is 0.0951 e. The maximum Gasteiger partial charge on any atom is 0.0951 e. The highest BCUT2D eigenvalue weighted by atomic mass is 15.1. The van der Waals surface area contributed by atoms with Crippen LogP contribution in [0.15, 0.2) is 12.5 Å². The second-order valence-corrected chi connectivity index (χ2v) is 4.32. The monoisotopic (exact) mass is 205 g/mol. The van der Waals surface area contributed by atoms with Gasteiger partial charge in [-0.05, 0) is 27.8 Å². The Morgan fingerprint density at radius 2 is 2.33 bits per heavy atom. The van der Waals surface area contributed by atoms with E-state index >= 15 is 0 Å². The van der Waals surface area contributed by atoms with E-state index in [0.29, 0.717) is 6.04 Å². The third kappa shape index (κ3) is 2.40. The number of terminal acetylenes is 1. The maximum atomic E-state index is 5.33. The predicted octanol–water partition coefficient (Wildman–Crippen LogP) is 1.92. The topological polar surface area (TPSA) is 29.9 Å². The Hall–Kier alpha value is -1.27. The highest BCUT2D eigenvalue weighted by molar-refractivity contribution is 5.12. The Morgan fingerprint density at radius 1 is 1.67 bits per heavy atom. The van der Waals surface area contributed by atoms with Crippen LogP contribution >= 0.6 is 0 Å². The van der Waals surface area contributed by atoms with Crippen LogP contribution in [0, 0.1) is 12.3 Å². The van der Waals surface area contributed by atoms with E-state index in [2.05, 4.69) is 41.6 Å². The molecule has 1 atom stereocenters. The van der Waals surface area contributed by atoms with Gasteiger partial charge in [-0.15, -0.1) is 12.3 Å². The summed E-state index contributed by atoms with van der Waals surface area (Å²) in [4.78, 5) is 4.19. The average molecular weight is 205 g/mol. The molecule has 1 heterocycles. The molecule has 0 radical (unpaired) electrons. The largest absolute Gasteiger partial charge is 0.329 e. The predicted molar refractivity (Wildman–Crippen MR) is 62.5 cm³/mol. The van der Waals surface area contributed by atoms with E-state index < -0.39 is 0 Å². The van der Waals surface area contributed by atoms with E-state index in [4.69, 9.17) is 6.42 Å². The van der Waals surface area contributed by atoms with Crippen molar-refractivity contribution in [1.82, 2.24) is 14.9 Å². The van der Waals surface area contributed by atoms with E-state index in [1.165, 1.54) is 0 Å². The van der Waals surface area contributed by atoms with Gasteiger partial charge in [0.1, 0.15) is 0 Å². The molecule has 0 aliphatic carbocycles. The van der Waals surface area contributed by atoms with E-state index in [9.17, 15) is 0 Å². The van der Waals surface area contributed by atoms with Crippen molar-refractivity contribution in [2.75, 3.05) is 7.05 Å². The van der Waals surface area contributed by atoms with Crippen LogP contribution in [0.5, 0.6) is 0 Å². The Morgan fingerprint density at radius 3 is 2.87 bits per heavy atom. The van der Waals surface area contributed by atoms with Gasteiger partial charge in [-0.2, -0.15) is 0 Å². The fraction of sp³-hybridized carbons (Fsp3) is 0.583. The molecule has 0 bridgehead atoms. The van der Waals surface area contributed by atoms with Gasteiger partial charge in [0.15, 0.2) is 0 Å². The maximum absolute atomic E-state index is 5.33. The number of imidazole rings is 1. The fourth-order valence-corrected chi connectivity index (χ4v) is 1.54. The molecule has 0 saturated carbocycles. The second kappa shape index (κ2) is 4.50. The highest BCUT2D eigenvalue weighted by Gasteiger charge is 2.23.